The summed E-state index contributed by atoms with van der Waals surface area (Å²) in [4.78, 5) is 31.8. The third-order valence-corrected chi connectivity index (χ3v) is 11.2. The minimum absolute atomic E-state index is 0.0128. The first-order valence-corrected chi connectivity index (χ1v) is 17.0. The molecule has 244 valence electrons. The van der Waals surface area contributed by atoms with Crippen LogP contribution in [0, 0.1) is 11.6 Å². The highest BCUT2D eigenvalue weighted by Crippen LogP contribution is 2.42. The first kappa shape index (κ1) is 29.9. The first-order chi connectivity index (χ1) is 22.3. The highest BCUT2D eigenvalue weighted by molar-refractivity contribution is 7.22. The summed E-state index contributed by atoms with van der Waals surface area (Å²) in [6.07, 6.45) is 7.32. The maximum atomic E-state index is 16.7. The van der Waals surface area contributed by atoms with Gasteiger partial charge in [-0.05, 0) is 70.0 Å². The van der Waals surface area contributed by atoms with E-state index in [1.807, 2.05) is 4.90 Å². The van der Waals surface area contributed by atoms with Crippen molar-refractivity contribution in [3.63, 3.8) is 0 Å². The predicted octanol–water partition coefficient (Wildman–Crippen LogP) is 4.80. The van der Waals surface area contributed by atoms with Gasteiger partial charge in [0.25, 0.3) is 5.56 Å². The Morgan fingerprint density at radius 1 is 0.978 bits per heavy atom. The highest BCUT2D eigenvalue weighted by Gasteiger charge is 2.37. The minimum atomic E-state index is -0.680. The number of hydrogen-bond acceptors (Lipinski definition) is 10. The Kier molecular flexibility index (Phi) is 7.56. The lowest BCUT2D eigenvalue weighted by molar-refractivity contribution is 0.292. The number of nitrogens with two attached hydrogens (primary N) is 1. The Hall–Kier alpha value is -3.49. The number of ether oxygens (including phenoxy) is 1. The fourth-order valence-electron chi connectivity index (χ4n) is 7.97. The molecule has 10 nitrogen and oxygen atoms in total. The smallest absolute Gasteiger partial charge is 0.318 e. The number of nitrogen functional groups attached to an aromatic ring is 1. The molecule has 5 fully saturated rings. The standard InChI is InChI=1S/C25H25F2N7O2S.C7H12FN/c1-36-25-31-19-16(22(32-25)33-9-11-5-6-12(10-33)29-11)23(35)34(13-3-2-4-13)20(17(19)27)14-7-8-15(26)21-18(14)30-24(28)37-21;8-6-4-7-2-1-3-9(7)5-6/h7-8,11-13,29H,2-6,9-10H2,1H3,(H2,28,30);6-7H,1-5H2. The molecule has 1 saturated carbocycles. The summed E-state index contributed by atoms with van der Waals surface area (Å²) >= 11 is 0.992. The molecule has 9 rings (SSSR count). The van der Waals surface area contributed by atoms with Gasteiger partial charge in [0.1, 0.15) is 28.7 Å². The lowest BCUT2D eigenvalue weighted by atomic mass is 9.91. The minimum Gasteiger partial charge on any atom is -0.467 e. The number of benzene rings is 1. The van der Waals surface area contributed by atoms with Gasteiger partial charge in [-0.1, -0.05) is 11.3 Å². The molecule has 2 bridgehead atoms. The van der Waals surface area contributed by atoms with Crippen LogP contribution >= 0.6 is 11.3 Å². The monoisotopic (exact) mass is 654 g/mol. The third kappa shape index (κ3) is 5.00. The normalized spacial score (nSPS) is 26.0. The van der Waals surface area contributed by atoms with Gasteiger partial charge in [-0.3, -0.25) is 9.69 Å². The second kappa shape index (κ2) is 11.6. The second-order valence-electron chi connectivity index (χ2n) is 13.2. The number of nitrogens with one attached hydrogen (secondary N) is 1. The molecule has 7 heterocycles. The first-order valence-electron chi connectivity index (χ1n) is 16.2. The maximum absolute atomic E-state index is 16.7. The number of halogens is 3. The summed E-state index contributed by atoms with van der Waals surface area (Å²) in [5.74, 6) is -0.779. The van der Waals surface area contributed by atoms with E-state index in [0.717, 1.165) is 56.4 Å². The van der Waals surface area contributed by atoms with Gasteiger partial charge in [0.05, 0.1) is 23.0 Å². The summed E-state index contributed by atoms with van der Waals surface area (Å²) in [7, 11) is 1.42. The molecule has 0 radical (unpaired) electrons. The number of nitrogens with zero attached hydrogens (tertiary/aromatic N) is 6. The molecule has 3 N–H and O–H groups in total. The van der Waals surface area contributed by atoms with Gasteiger partial charge in [0.2, 0.25) is 0 Å². The number of alkyl halides is 1. The van der Waals surface area contributed by atoms with Crippen molar-refractivity contribution in [3.05, 3.63) is 34.1 Å². The fourth-order valence-corrected chi connectivity index (χ4v) is 8.73. The average Bonchev–Trinajstić information content (AvgIpc) is 3.79. The number of hydrogen-bond donors (Lipinski definition) is 2. The van der Waals surface area contributed by atoms with Gasteiger partial charge >= 0.3 is 6.01 Å². The number of fused-ring (bicyclic) bond motifs is 5. The number of piperazine rings is 1. The van der Waals surface area contributed by atoms with Crippen molar-refractivity contribution in [2.24, 2.45) is 0 Å². The quantitative estimate of drug-likeness (QED) is 0.321. The molecule has 4 atom stereocenters. The van der Waals surface area contributed by atoms with Gasteiger partial charge in [0, 0.05) is 49.4 Å². The molecule has 5 aliphatic rings. The van der Waals surface area contributed by atoms with E-state index >= 15 is 4.39 Å². The molecule has 46 heavy (non-hydrogen) atoms. The summed E-state index contributed by atoms with van der Waals surface area (Å²) in [5, 5.41) is 3.89. The van der Waals surface area contributed by atoms with Crippen LogP contribution in [0.3, 0.4) is 0 Å². The van der Waals surface area contributed by atoms with Crippen LogP contribution in [-0.4, -0.2) is 82.0 Å². The van der Waals surface area contributed by atoms with E-state index in [-0.39, 0.29) is 61.6 Å². The van der Waals surface area contributed by atoms with Crippen molar-refractivity contribution in [2.75, 3.05) is 43.9 Å². The predicted molar refractivity (Wildman–Crippen MR) is 172 cm³/mol. The number of pyridine rings is 1. The Morgan fingerprint density at radius 2 is 1.74 bits per heavy atom. The molecule has 1 aliphatic carbocycles. The van der Waals surface area contributed by atoms with Gasteiger partial charge in [-0.25, -0.2) is 18.2 Å². The Balaban J connectivity index is 0.000000297. The average molecular weight is 655 g/mol. The number of anilines is 2. The number of aromatic nitrogens is 4. The van der Waals surface area contributed by atoms with E-state index in [1.165, 1.54) is 36.7 Å². The van der Waals surface area contributed by atoms with E-state index in [4.69, 9.17) is 10.5 Å². The second-order valence-corrected chi connectivity index (χ2v) is 14.2. The van der Waals surface area contributed by atoms with Crippen molar-refractivity contribution in [2.45, 2.75) is 81.7 Å². The van der Waals surface area contributed by atoms with Crippen molar-refractivity contribution in [1.82, 2.24) is 29.7 Å². The van der Waals surface area contributed by atoms with Crippen LogP contribution in [0.25, 0.3) is 32.4 Å². The Bertz CT molecular complexity index is 1860. The molecule has 0 amide bonds. The number of rotatable bonds is 4. The number of methoxy groups -OCH3 is 1. The summed E-state index contributed by atoms with van der Waals surface area (Å²) in [6, 6.07) is 3.71. The van der Waals surface area contributed by atoms with Gasteiger partial charge in [0.15, 0.2) is 10.9 Å². The SMILES string of the molecule is COc1nc(N2CC3CCC(C2)N3)c2c(=O)n(C3CCC3)c(-c3ccc(F)c4sc(N)nc34)c(F)c2n1.FC1CC2CCCN2C1. The van der Waals surface area contributed by atoms with E-state index < -0.39 is 17.8 Å². The molecule has 4 aliphatic heterocycles. The topological polar surface area (TPSA) is 114 Å². The van der Waals surface area contributed by atoms with E-state index in [1.54, 1.807) is 0 Å². The molecule has 0 spiro atoms. The zero-order chi connectivity index (χ0) is 31.7. The van der Waals surface area contributed by atoms with Crippen LogP contribution in [0.5, 0.6) is 6.01 Å². The molecule has 4 unspecified atom stereocenters. The lowest BCUT2D eigenvalue weighted by Crippen LogP contribution is -2.51. The Morgan fingerprint density at radius 3 is 2.43 bits per heavy atom. The lowest BCUT2D eigenvalue weighted by Gasteiger charge is -2.35. The van der Waals surface area contributed by atoms with Crippen LogP contribution in [0.1, 0.15) is 57.4 Å². The molecular formula is C32H37F3N8O2S. The summed E-state index contributed by atoms with van der Waals surface area (Å²) < 4.78 is 51.0. The van der Waals surface area contributed by atoms with Gasteiger partial charge < -0.3 is 25.3 Å². The van der Waals surface area contributed by atoms with Crippen molar-refractivity contribution in [3.8, 4) is 17.3 Å². The fraction of sp³-hybridized carbons (Fsp3) is 0.562. The van der Waals surface area contributed by atoms with E-state index in [2.05, 4.69) is 25.2 Å². The van der Waals surface area contributed by atoms with E-state index in [9.17, 15) is 13.6 Å². The zero-order valence-electron chi connectivity index (χ0n) is 25.6. The molecule has 3 aromatic heterocycles. The van der Waals surface area contributed by atoms with Crippen LogP contribution < -0.4 is 26.2 Å². The van der Waals surface area contributed by atoms with Crippen molar-refractivity contribution in [1.29, 1.82) is 0 Å². The van der Waals surface area contributed by atoms with E-state index in [0.29, 0.717) is 37.1 Å². The molecule has 1 aromatic carbocycles. The van der Waals surface area contributed by atoms with Crippen molar-refractivity contribution >= 4 is 43.4 Å². The summed E-state index contributed by atoms with van der Waals surface area (Å²) in [6.45, 7) is 3.18. The largest absolute Gasteiger partial charge is 0.467 e. The zero-order valence-corrected chi connectivity index (χ0v) is 26.5. The molecular weight excluding hydrogens is 617 g/mol. The number of thiazole rings is 1. The third-order valence-electron chi connectivity index (χ3n) is 10.3. The Labute approximate surface area is 267 Å². The molecule has 4 aromatic rings. The maximum Gasteiger partial charge on any atom is 0.318 e. The van der Waals surface area contributed by atoms with Crippen LogP contribution in [0.4, 0.5) is 24.1 Å². The molecule has 14 heteroatoms. The summed E-state index contributed by atoms with van der Waals surface area (Å²) in [5.41, 5.74) is 6.02. The molecule has 4 saturated heterocycles. The van der Waals surface area contributed by atoms with Crippen LogP contribution in [0.2, 0.25) is 0 Å². The highest BCUT2D eigenvalue weighted by atomic mass is 32.1. The van der Waals surface area contributed by atoms with Crippen LogP contribution in [-0.2, 0) is 0 Å². The van der Waals surface area contributed by atoms with Gasteiger partial charge in [-0.2, -0.15) is 9.97 Å². The van der Waals surface area contributed by atoms with Crippen LogP contribution in [0.15, 0.2) is 16.9 Å². The van der Waals surface area contributed by atoms with Gasteiger partial charge in [-0.15, -0.1) is 0 Å². The van der Waals surface area contributed by atoms with Crippen molar-refractivity contribution < 1.29 is 17.9 Å².